The Kier molecular flexibility index (Phi) is 8.45. The second-order valence-corrected chi connectivity index (χ2v) is 14.8. The monoisotopic (exact) mass is 753 g/mol. The van der Waals surface area contributed by atoms with Crippen molar-refractivity contribution in [1.29, 1.82) is 0 Å². The average molecular weight is 754 g/mol. The molecule has 276 valence electrons. The van der Waals surface area contributed by atoms with Gasteiger partial charge >= 0.3 is 0 Å². The van der Waals surface area contributed by atoms with Crippen LogP contribution in [0.2, 0.25) is 0 Å². The first-order valence-electron chi connectivity index (χ1n) is 19.8. The molecule has 4 nitrogen and oxygen atoms in total. The van der Waals surface area contributed by atoms with Gasteiger partial charge in [-0.15, -0.1) is 0 Å². The van der Waals surface area contributed by atoms with Crippen molar-refractivity contribution < 1.29 is 4.42 Å². The van der Waals surface area contributed by atoms with Crippen LogP contribution in [0.1, 0.15) is 0 Å². The van der Waals surface area contributed by atoms with Gasteiger partial charge in [-0.25, -0.2) is 15.0 Å². The summed E-state index contributed by atoms with van der Waals surface area (Å²) in [6.07, 6.45) is 0. The lowest BCUT2D eigenvalue weighted by molar-refractivity contribution is 0.669. The van der Waals surface area contributed by atoms with Crippen LogP contribution in [0.15, 0.2) is 217 Å². The van der Waals surface area contributed by atoms with Crippen LogP contribution in [0.25, 0.3) is 111 Å². The Balaban J connectivity index is 1.04. The van der Waals surface area contributed by atoms with Gasteiger partial charge in [-0.2, -0.15) is 0 Å². The molecule has 0 aliphatic carbocycles. The van der Waals surface area contributed by atoms with Crippen LogP contribution in [-0.2, 0) is 0 Å². The molecule has 0 N–H and O–H groups in total. The minimum absolute atomic E-state index is 0.614. The third kappa shape index (κ3) is 6.53. The maximum atomic E-state index is 6.69. The van der Waals surface area contributed by atoms with Crippen LogP contribution in [0.3, 0.4) is 0 Å². The highest BCUT2D eigenvalue weighted by atomic mass is 16.3. The Bertz CT molecular complexity index is 3280. The van der Waals surface area contributed by atoms with E-state index >= 15 is 0 Å². The van der Waals surface area contributed by atoms with Gasteiger partial charge in [-0.3, -0.25) is 0 Å². The van der Waals surface area contributed by atoms with Gasteiger partial charge in [0.2, 0.25) is 0 Å². The smallest absolute Gasteiger partial charge is 0.164 e. The van der Waals surface area contributed by atoms with E-state index in [-0.39, 0.29) is 0 Å². The maximum absolute atomic E-state index is 6.69. The van der Waals surface area contributed by atoms with Gasteiger partial charge in [0, 0.05) is 27.5 Å². The number of rotatable bonds is 7. The summed E-state index contributed by atoms with van der Waals surface area (Å²) in [6.45, 7) is 0. The van der Waals surface area contributed by atoms with E-state index in [1.54, 1.807) is 0 Å². The van der Waals surface area contributed by atoms with Gasteiger partial charge in [0.25, 0.3) is 0 Å². The van der Waals surface area contributed by atoms with Crippen molar-refractivity contribution in [3.05, 3.63) is 212 Å². The molecular weight excluding hydrogens is 719 g/mol. The lowest BCUT2D eigenvalue weighted by atomic mass is 9.93. The predicted molar refractivity (Wildman–Crippen MR) is 243 cm³/mol. The number of fused-ring (bicyclic) bond motifs is 4. The molecule has 2 aromatic heterocycles. The average Bonchev–Trinajstić information content (AvgIpc) is 3.68. The van der Waals surface area contributed by atoms with Gasteiger partial charge in [0.1, 0.15) is 11.2 Å². The minimum Gasteiger partial charge on any atom is -0.456 e. The molecule has 0 saturated heterocycles. The highest BCUT2D eigenvalue weighted by molar-refractivity contribution is 6.16. The number of benzene rings is 9. The van der Waals surface area contributed by atoms with Gasteiger partial charge in [0.15, 0.2) is 17.5 Å². The molecular formula is C55H35N3O. The van der Waals surface area contributed by atoms with E-state index in [2.05, 4.69) is 170 Å². The van der Waals surface area contributed by atoms with Crippen molar-refractivity contribution >= 4 is 32.7 Å². The van der Waals surface area contributed by atoms with Crippen molar-refractivity contribution in [3.8, 4) is 78.7 Å². The van der Waals surface area contributed by atoms with Crippen LogP contribution < -0.4 is 0 Å². The highest BCUT2D eigenvalue weighted by Gasteiger charge is 2.18. The van der Waals surface area contributed by atoms with Crippen molar-refractivity contribution in [2.45, 2.75) is 0 Å². The molecule has 0 aliphatic heterocycles. The summed E-state index contributed by atoms with van der Waals surface area (Å²) in [5.74, 6) is 1.87. The van der Waals surface area contributed by atoms with E-state index < -0.39 is 0 Å². The molecule has 11 rings (SSSR count). The molecule has 0 aliphatic rings. The van der Waals surface area contributed by atoms with E-state index in [0.717, 1.165) is 77.4 Å². The van der Waals surface area contributed by atoms with Crippen molar-refractivity contribution in [3.63, 3.8) is 0 Å². The second-order valence-electron chi connectivity index (χ2n) is 14.8. The molecule has 0 saturated carbocycles. The summed E-state index contributed by atoms with van der Waals surface area (Å²) in [4.78, 5) is 15.1. The first-order chi connectivity index (χ1) is 29.2. The van der Waals surface area contributed by atoms with E-state index in [0.29, 0.717) is 17.5 Å². The molecule has 4 heteroatoms. The molecule has 0 amide bonds. The molecule has 0 radical (unpaired) electrons. The molecule has 0 spiro atoms. The van der Waals surface area contributed by atoms with Crippen LogP contribution in [-0.4, -0.2) is 15.0 Å². The zero-order valence-corrected chi connectivity index (χ0v) is 32.0. The van der Waals surface area contributed by atoms with Gasteiger partial charge in [-0.05, 0) is 85.6 Å². The van der Waals surface area contributed by atoms with Crippen LogP contribution in [0.4, 0.5) is 0 Å². The van der Waals surface area contributed by atoms with E-state index in [1.165, 1.54) is 16.5 Å². The topological polar surface area (TPSA) is 51.8 Å². The largest absolute Gasteiger partial charge is 0.456 e. The SMILES string of the molecule is c1ccc(-c2ccc(-c3cc(-c4ccc(-c5nc(-c6ccccc6)nc(-c6cccc(-c7ccccc7)c6)n5)cc4)c4c(c3)oc3cc5ccccc5cc34)cc2)cc1. The fraction of sp³-hybridized carbons (Fsp3) is 0. The van der Waals surface area contributed by atoms with Gasteiger partial charge in [0.05, 0.1) is 0 Å². The summed E-state index contributed by atoms with van der Waals surface area (Å²) < 4.78 is 6.69. The quantitative estimate of drug-likeness (QED) is 0.163. The Morgan fingerprint density at radius 2 is 0.712 bits per heavy atom. The highest BCUT2D eigenvalue weighted by Crippen LogP contribution is 2.42. The van der Waals surface area contributed by atoms with Gasteiger partial charge in [-0.1, -0.05) is 182 Å². The molecule has 59 heavy (non-hydrogen) atoms. The summed E-state index contributed by atoms with van der Waals surface area (Å²) in [6, 6.07) is 74.1. The fourth-order valence-corrected chi connectivity index (χ4v) is 8.09. The lowest BCUT2D eigenvalue weighted by Crippen LogP contribution is -2.00. The fourth-order valence-electron chi connectivity index (χ4n) is 8.09. The molecule has 0 atom stereocenters. The first kappa shape index (κ1) is 34.3. The summed E-state index contributed by atoms with van der Waals surface area (Å²) >= 11 is 0. The molecule has 0 fully saturated rings. The maximum Gasteiger partial charge on any atom is 0.164 e. The Labute approximate surface area is 341 Å². The number of furan rings is 1. The van der Waals surface area contributed by atoms with Crippen LogP contribution in [0, 0.1) is 0 Å². The molecule has 0 unspecified atom stereocenters. The van der Waals surface area contributed by atoms with Crippen molar-refractivity contribution in [2.24, 2.45) is 0 Å². The summed E-state index contributed by atoms with van der Waals surface area (Å²) in [5.41, 5.74) is 13.5. The third-order valence-electron chi connectivity index (χ3n) is 11.1. The molecule has 0 bridgehead atoms. The summed E-state index contributed by atoms with van der Waals surface area (Å²) in [7, 11) is 0. The zero-order valence-electron chi connectivity index (χ0n) is 32.0. The number of hydrogen-bond donors (Lipinski definition) is 0. The number of hydrogen-bond acceptors (Lipinski definition) is 4. The van der Waals surface area contributed by atoms with Crippen molar-refractivity contribution in [1.82, 2.24) is 15.0 Å². The second kappa shape index (κ2) is 14.5. The van der Waals surface area contributed by atoms with E-state index in [1.807, 2.05) is 42.5 Å². The normalized spacial score (nSPS) is 11.4. The lowest BCUT2D eigenvalue weighted by Gasteiger charge is -2.12. The minimum atomic E-state index is 0.614. The Hall–Kier alpha value is -7.95. The molecule has 2 heterocycles. The zero-order chi connectivity index (χ0) is 39.1. The summed E-state index contributed by atoms with van der Waals surface area (Å²) in [5, 5.41) is 4.52. The Morgan fingerprint density at radius 3 is 1.36 bits per heavy atom. The Morgan fingerprint density at radius 1 is 0.271 bits per heavy atom. The van der Waals surface area contributed by atoms with E-state index in [9.17, 15) is 0 Å². The van der Waals surface area contributed by atoms with Crippen molar-refractivity contribution in [2.75, 3.05) is 0 Å². The molecule has 11 aromatic rings. The molecule has 9 aromatic carbocycles. The van der Waals surface area contributed by atoms with Crippen LogP contribution >= 0.6 is 0 Å². The first-order valence-corrected chi connectivity index (χ1v) is 19.8. The number of aromatic nitrogens is 3. The third-order valence-corrected chi connectivity index (χ3v) is 11.1. The van der Waals surface area contributed by atoms with Crippen LogP contribution in [0.5, 0.6) is 0 Å². The van der Waals surface area contributed by atoms with Gasteiger partial charge < -0.3 is 4.42 Å². The number of nitrogens with zero attached hydrogens (tertiary/aromatic N) is 3. The predicted octanol–water partition coefficient (Wildman–Crippen LogP) is 14.6. The van der Waals surface area contributed by atoms with E-state index in [4.69, 9.17) is 19.4 Å². The standard InChI is InChI=1S/C55H35N3O/c1-4-13-36(14-5-1)38-23-25-39(26-24-38)47-33-48(52-49-32-44-19-10-11-20-45(44)34-50(49)59-51(52)35-47)40-27-29-42(30-28-40)54-56-53(41-17-8-3-9-18-41)57-55(58-54)46-22-12-21-43(31-46)37-15-6-2-7-16-37/h1-35H.